The molecule has 0 aliphatic heterocycles. The fraction of sp³-hybridized carbons (Fsp3) is 0.500. The first kappa shape index (κ1) is 10.9. The van der Waals surface area contributed by atoms with Crippen LogP contribution in [0.2, 0.25) is 0 Å². The zero-order chi connectivity index (χ0) is 8.69. The molecule has 0 fully saturated rings. The van der Waals surface area contributed by atoms with Crippen LogP contribution < -0.4 is 0 Å². The van der Waals surface area contributed by atoms with Gasteiger partial charge in [0.1, 0.15) is 0 Å². The van der Waals surface area contributed by atoms with E-state index in [1.807, 2.05) is 9.95 Å². The normalized spacial score (nSPS) is 17.8. The molecule has 2 atom stereocenters. The number of aliphatic hydroxyl groups excluding tert-OH is 2. The van der Waals surface area contributed by atoms with Gasteiger partial charge in [-0.3, -0.25) is 0 Å². The van der Waals surface area contributed by atoms with Crippen LogP contribution in [0.4, 0.5) is 0 Å². The van der Waals surface area contributed by atoms with Gasteiger partial charge in [-0.15, -0.1) is 0 Å². The summed E-state index contributed by atoms with van der Waals surface area (Å²) in [7, 11) is 0. The van der Waals surface area contributed by atoms with Crippen molar-refractivity contribution in [1.82, 2.24) is 0 Å². The van der Waals surface area contributed by atoms with E-state index in [9.17, 15) is 0 Å². The summed E-state index contributed by atoms with van der Waals surface area (Å²) in [6.07, 6.45) is 2.76. The van der Waals surface area contributed by atoms with Crippen molar-refractivity contribution >= 4 is 15.0 Å². The molecule has 64 valence electrons. The van der Waals surface area contributed by atoms with Crippen molar-refractivity contribution in [1.29, 1.82) is 0 Å². The predicted octanol–water partition coefficient (Wildman–Crippen LogP) is 0.480. The van der Waals surface area contributed by atoms with E-state index >= 15 is 0 Å². The van der Waals surface area contributed by atoms with Crippen molar-refractivity contribution in [2.45, 2.75) is 26.1 Å². The maximum atomic E-state index is 8.81. The Hall–Kier alpha value is -0.0805. The van der Waals surface area contributed by atoms with Crippen LogP contribution in [0.3, 0.4) is 0 Å². The molecule has 0 aromatic rings. The topological polar surface area (TPSA) is 40.5 Å². The molecule has 3 heteroatoms. The van der Waals surface area contributed by atoms with Gasteiger partial charge in [-0.2, -0.15) is 0 Å². The van der Waals surface area contributed by atoms with Crippen LogP contribution in [-0.4, -0.2) is 37.4 Å². The van der Waals surface area contributed by atoms with E-state index in [1.165, 1.54) is 0 Å². The average molecular weight is 221 g/mol. The van der Waals surface area contributed by atoms with Crippen LogP contribution in [0, 0.1) is 0 Å². The molecule has 0 aromatic carbocycles. The van der Waals surface area contributed by atoms with Gasteiger partial charge in [0.05, 0.1) is 0 Å². The van der Waals surface area contributed by atoms with E-state index in [1.54, 1.807) is 26.0 Å². The summed E-state index contributed by atoms with van der Waals surface area (Å²) in [5, 5.41) is 17.6. The predicted molar refractivity (Wildman–Crippen MR) is 47.4 cm³/mol. The SMILES string of the molecule is CC(O)/C=C\[Se]/C=C\C(C)O. The minimum absolute atomic E-state index is 0.258. The molecule has 2 unspecified atom stereocenters. The number of aliphatic hydroxyl groups is 2. The Morgan fingerprint density at radius 3 is 1.64 bits per heavy atom. The van der Waals surface area contributed by atoms with Crippen LogP contribution in [0.5, 0.6) is 0 Å². The molecular weight excluding hydrogens is 207 g/mol. The molecule has 0 aliphatic carbocycles. The molecule has 0 amide bonds. The number of hydrogen-bond acceptors (Lipinski definition) is 2. The van der Waals surface area contributed by atoms with Crippen LogP contribution in [0.1, 0.15) is 13.8 Å². The molecular formula is C8H14O2Se. The van der Waals surface area contributed by atoms with Gasteiger partial charge in [0.2, 0.25) is 0 Å². The van der Waals surface area contributed by atoms with E-state index < -0.39 is 0 Å². The molecule has 0 spiro atoms. The van der Waals surface area contributed by atoms with Crippen molar-refractivity contribution in [3.05, 3.63) is 22.1 Å². The van der Waals surface area contributed by atoms with E-state index in [0.717, 1.165) is 0 Å². The first-order chi connectivity index (χ1) is 5.13. The summed E-state index contributed by atoms with van der Waals surface area (Å²) in [6.45, 7) is 3.43. The van der Waals surface area contributed by atoms with Gasteiger partial charge in [0.25, 0.3) is 0 Å². The quantitative estimate of drug-likeness (QED) is 0.678. The molecule has 0 saturated heterocycles. The first-order valence-electron chi connectivity index (χ1n) is 3.48. The first-order valence-corrected chi connectivity index (χ1v) is 5.45. The van der Waals surface area contributed by atoms with Crippen LogP contribution in [0.25, 0.3) is 0 Å². The molecule has 2 nitrogen and oxygen atoms in total. The van der Waals surface area contributed by atoms with Gasteiger partial charge in [-0.05, 0) is 0 Å². The molecule has 11 heavy (non-hydrogen) atoms. The zero-order valence-corrected chi connectivity index (χ0v) is 8.48. The van der Waals surface area contributed by atoms with Crippen molar-refractivity contribution in [2.75, 3.05) is 0 Å². The van der Waals surface area contributed by atoms with Gasteiger partial charge in [-0.1, -0.05) is 0 Å². The second kappa shape index (κ2) is 6.62. The summed E-state index contributed by atoms with van der Waals surface area (Å²) in [4.78, 5) is 3.85. The molecule has 0 aromatic heterocycles. The number of hydrogen-bond donors (Lipinski definition) is 2. The average Bonchev–Trinajstić information content (AvgIpc) is 1.85. The van der Waals surface area contributed by atoms with Gasteiger partial charge in [0.15, 0.2) is 0 Å². The van der Waals surface area contributed by atoms with Crippen molar-refractivity contribution in [3.63, 3.8) is 0 Å². The third-order valence-electron chi connectivity index (χ3n) is 0.871. The maximum absolute atomic E-state index is 8.81. The molecule has 0 radical (unpaired) electrons. The molecule has 0 heterocycles. The van der Waals surface area contributed by atoms with Crippen molar-refractivity contribution in [3.8, 4) is 0 Å². The summed E-state index contributed by atoms with van der Waals surface area (Å²) < 4.78 is 0. The second-order valence-corrected chi connectivity index (χ2v) is 3.99. The fourth-order valence-corrected chi connectivity index (χ4v) is 1.89. The van der Waals surface area contributed by atoms with E-state index in [-0.39, 0.29) is 27.2 Å². The Morgan fingerprint density at radius 2 is 1.36 bits per heavy atom. The standard InChI is InChI=1S/C8H14O2Se/c1-7(9)3-5-11-6-4-8(2)10/h3-10H,1-2H3/b5-3-,6-4-. The monoisotopic (exact) mass is 222 g/mol. The molecule has 0 aliphatic rings. The van der Waals surface area contributed by atoms with Gasteiger partial charge < -0.3 is 0 Å². The Bertz CT molecular complexity index is 123. The Kier molecular flexibility index (Phi) is 6.57. The van der Waals surface area contributed by atoms with Crippen molar-refractivity contribution in [2.24, 2.45) is 0 Å². The molecule has 0 bridgehead atoms. The Labute approximate surface area is 73.8 Å². The van der Waals surface area contributed by atoms with Gasteiger partial charge >= 0.3 is 73.3 Å². The summed E-state index contributed by atoms with van der Waals surface area (Å²) >= 11 is 0.258. The van der Waals surface area contributed by atoms with Crippen LogP contribution in [0.15, 0.2) is 22.1 Å². The number of rotatable bonds is 4. The Balaban J connectivity index is 3.41. The molecule has 0 saturated carbocycles. The van der Waals surface area contributed by atoms with Crippen LogP contribution >= 0.6 is 0 Å². The Morgan fingerprint density at radius 1 is 1.00 bits per heavy atom. The summed E-state index contributed by atoms with van der Waals surface area (Å²) in [5.41, 5.74) is 0. The van der Waals surface area contributed by atoms with E-state index in [2.05, 4.69) is 0 Å². The summed E-state index contributed by atoms with van der Waals surface area (Å²) in [6, 6.07) is 0. The zero-order valence-electron chi connectivity index (χ0n) is 6.77. The van der Waals surface area contributed by atoms with Crippen LogP contribution in [-0.2, 0) is 0 Å². The van der Waals surface area contributed by atoms with Crippen molar-refractivity contribution < 1.29 is 10.2 Å². The van der Waals surface area contributed by atoms with Gasteiger partial charge in [0, 0.05) is 0 Å². The molecule has 0 rings (SSSR count). The summed E-state index contributed by atoms with van der Waals surface area (Å²) in [5.74, 6) is 0. The molecule has 2 N–H and O–H groups in total. The third-order valence-corrected chi connectivity index (χ3v) is 2.19. The van der Waals surface area contributed by atoms with E-state index in [0.29, 0.717) is 0 Å². The second-order valence-electron chi connectivity index (χ2n) is 2.27. The van der Waals surface area contributed by atoms with E-state index in [4.69, 9.17) is 10.2 Å². The fourth-order valence-electron chi connectivity index (χ4n) is 0.363. The van der Waals surface area contributed by atoms with Gasteiger partial charge in [-0.25, -0.2) is 0 Å². The minimum atomic E-state index is -0.364. The third kappa shape index (κ3) is 9.92.